The summed E-state index contributed by atoms with van der Waals surface area (Å²) in [6.07, 6.45) is 7.45. The fourth-order valence-electron chi connectivity index (χ4n) is 4.01. The van der Waals surface area contributed by atoms with Crippen LogP contribution < -0.4 is 0 Å². The van der Waals surface area contributed by atoms with E-state index in [0.717, 1.165) is 53.5 Å². The molecule has 1 aliphatic carbocycles. The largest absolute Gasteiger partial charge is 0.312 e. The molecule has 1 heterocycles. The highest BCUT2D eigenvalue weighted by molar-refractivity contribution is 6.31. The number of hydrogen-bond acceptors (Lipinski definition) is 3. The van der Waals surface area contributed by atoms with Crippen LogP contribution in [0.2, 0.25) is 5.02 Å². The second-order valence-corrected chi connectivity index (χ2v) is 9.34. The molecule has 0 radical (unpaired) electrons. The van der Waals surface area contributed by atoms with E-state index in [-0.39, 0.29) is 11.7 Å². The van der Waals surface area contributed by atoms with Crippen LogP contribution in [0.15, 0.2) is 18.2 Å². The summed E-state index contributed by atoms with van der Waals surface area (Å²) in [5.74, 6) is 3.19. The standard InChI is InChI=1S/C24H34ClN3O/c1-5-7-19(15-21(29)14-18-8-6-9-22(25)17(18)4)24-27-26-23(13-10-16(2)3)28(24)20-11-12-20/h6,8-9,16,19-20H,5,7,10-15H2,1-4H3. The second-order valence-electron chi connectivity index (χ2n) is 8.94. The lowest BCUT2D eigenvalue weighted by atomic mass is 9.92. The van der Waals surface area contributed by atoms with Crippen LogP contribution >= 0.6 is 11.6 Å². The molecule has 1 unspecified atom stereocenters. The van der Waals surface area contributed by atoms with E-state index in [1.165, 1.54) is 12.8 Å². The van der Waals surface area contributed by atoms with Crippen molar-refractivity contribution in [3.05, 3.63) is 46.0 Å². The molecule has 0 aliphatic heterocycles. The van der Waals surface area contributed by atoms with Crippen LogP contribution in [0.25, 0.3) is 0 Å². The molecule has 0 bridgehead atoms. The van der Waals surface area contributed by atoms with Crippen molar-refractivity contribution in [3.8, 4) is 0 Å². The summed E-state index contributed by atoms with van der Waals surface area (Å²) in [4.78, 5) is 13.0. The van der Waals surface area contributed by atoms with Gasteiger partial charge in [-0.3, -0.25) is 4.79 Å². The van der Waals surface area contributed by atoms with Crippen molar-refractivity contribution in [3.63, 3.8) is 0 Å². The molecule has 1 atom stereocenters. The molecule has 5 heteroatoms. The van der Waals surface area contributed by atoms with Gasteiger partial charge in [0.25, 0.3) is 0 Å². The van der Waals surface area contributed by atoms with Gasteiger partial charge < -0.3 is 4.57 Å². The molecular formula is C24H34ClN3O. The van der Waals surface area contributed by atoms with Gasteiger partial charge in [0.05, 0.1) is 0 Å². The van der Waals surface area contributed by atoms with Crippen molar-refractivity contribution in [2.75, 3.05) is 0 Å². The molecule has 1 aromatic heterocycles. The van der Waals surface area contributed by atoms with Crippen molar-refractivity contribution in [1.29, 1.82) is 0 Å². The number of Topliss-reactive ketones (excluding diaryl/α,β-unsaturated/α-hetero) is 1. The third-order valence-electron chi connectivity index (χ3n) is 5.89. The molecule has 29 heavy (non-hydrogen) atoms. The lowest BCUT2D eigenvalue weighted by Gasteiger charge is -2.18. The summed E-state index contributed by atoms with van der Waals surface area (Å²) >= 11 is 6.23. The number of aromatic nitrogens is 3. The molecule has 1 saturated carbocycles. The molecule has 0 spiro atoms. The van der Waals surface area contributed by atoms with Gasteiger partial charge in [-0.2, -0.15) is 0 Å². The normalized spacial score (nSPS) is 15.1. The van der Waals surface area contributed by atoms with Crippen LogP contribution in [0.5, 0.6) is 0 Å². The molecule has 4 nitrogen and oxygen atoms in total. The van der Waals surface area contributed by atoms with Gasteiger partial charge in [-0.15, -0.1) is 10.2 Å². The van der Waals surface area contributed by atoms with E-state index in [4.69, 9.17) is 11.6 Å². The van der Waals surface area contributed by atoms with Gasteiger partial charge in [0.1, 0.15) is 17.4 Å². The van der Waals surface area contributed by atoms with E-state index in [0.29, 0.717) is 24.8 Å². The van der Waals surface area contributed by atoms with Crippen molar-refractivity contribution in [2.45, 2.75) is 91.0 Å². The topological polar surface area (TPSA) is 47.8 Å². The van der Waals surface area contributed by atoms with E-state index in [9.17, 15) is 4.79 Å². The molecular weight excluding hydrogens is 382 g/mol. The summed E-state index contributed by atoms with van der Waals surface area (Å²) in [6.45, 7) is 8.65. The zero-order valence-corrected chi connectivity index (χ0v) is 19.0. The molecule has 0 amide bonds. The maximum absolute atomic E-state index is 13.0. The summed E-state index contributed by atoms with van der Waals surface area (Å²) in [7, 11) is 0. The zero-order valence-electron chi connectivity index (χ0n) is 18.2. The smallest absolute Gasteiger partial charge is 0.138 e. The molecule has 2 aromatic rings. The predicted molar refractivity (Wildman–Crippen MR) is 119 cm³/mol. The monoisotopic (exact) mass is 415 g/mol. The minimum absolute atomic E-state index is 0.146. The number of halogens is 1. The third kappa shape index (κ3) is 5.69. The van der Waals surface area contributed by atoms with Crippen LogP contribution in [0.3, 0.4) is 0 Å². The highest BCUT2D eigenvalue weighted by atomic mass is 35.5. The van der Waals surface area contributed by atoms with E-state index in [2.05, 4.69) is 35.5 Å². The van der Waals surface area contributed by atoms with Gasteiger partial charge in [-0.1, -0.05) is 50.9 Å². The maximum Gasteiger partial charge on any atom is 0.138 e. The number of carbonyl (C=O) groups is 1. The van der Waals surface area contributed by atoms with Crippen molar-refractivity contribution >= 4 is 17.4 Å². The summed E-state index contributed by atoms with van der Waals surface area (Å²) < 4.78 is 2.38. The number of benzene rings is 1. The SMILES string of the molecule is CCCC(CC(=O)Cc1cccc(Cl)c1C)c1nnc(CCC(C)C)n1C1CC1. The van der Waals surface area contributed by atoms with Gasteiger partial charge >= 0.3 is 0 Å². The number of hydrogen-bond donors (Lipinski definition) is 0. The average Bonchev–Trinajstić information content (AvgIpc) is 3.42. The molecule has 1 aromatic carbocycles. The number of carbonyl (C=O) groups excluding carboxylic acids is 1. The average molecular weight is 416 g/mol. The summed E-state index contributed by atoms with van der Waals surface area (Å²) in [6, 6.07) is 6.34. The molecule has 0 N–H and O–H groups in total. The van der Waals surface area contributed by atoms with Gasteiger partial charge in [0, 0.05) is 36.2 Å². The van der Waals surface area contributed by atoms with E-state index in [1.54, 1.807) is 0 Å². The van der Waals surface area contributed by atoms with Crippen LogP contribution in [0.1, 0.15) is 94.0 Å². The van der Waals surface area contributed by atoms with Crippen LogP contribution in [-0.2, 0) is 17.6 Å². The second kappa shape index (κ2) is 9.88. The quantitative estimate of drug-likeness (QED) is 0.435. The Balaban J connectivity index is 1.77. The molecule has 3 rings (SSSR count). The first-order valence-corrected chi connectivity index (χ1v) is 11.5. The molecule has 1 fully saturated rings. The molecule has 1 aliphatic rings. The minimum Gasteiger partial charge on any atom is -0.312 e. The Kier molecular flexibility index (Phi) is 7.50. The summed E-state index contributed by atoms with van der Waals surface area (Å²) in [5.41, 5.74) is 2.03. The van der Waals surface area contributed by atoms with E-state index >= 15 is 0 Å². The van der Waals surface area contributed by atoms with Gasteiger partial charge in [-0.25, -0.2) is 0 Å². The van der Waals surface area contributed by atoms with Gasteiger partial charge in [0.2, 0.25) is 0 Å². The van der Waals surface area contributed by atoms with Gasteiger partial charge in [-0.05, 0) is 55.7 Å². The Morgan fingerprint density at radius 2 is 2.00 bits per heavy atom. The van der Waals surface area contributed by atoms with Crippen LogP contribution in [0.4, 0.5) is 0 Å². The maximum atomic E-state index is 13.0. The fourth-order valence-corrected chi connectivity index (χ4v) is 4.20. The Labute approximate surface area is 180 Å². The van der Waals surface area contributed by atoms with Crippen molar-refractivity contribution in [2.24, 2.45) is 5.92 Å². The highest BCUT2D eigenvalue weighted by Gasteiger charge is 2.32. The van der Waals surface area contributed by atoms with E-state index in [1.807, 2.05) is 25.1 Å². The highest BCUT2D eigenvalue weighted by Crippen LogP contribution is 2.39. The Morgan fingerprint density at radius 1 is 1.24 bits per heavy atom. The van der Waals surface area contributed by atoms with Crippen LogP contribution in [-0.4, -0.2) is 20.5 Å². The van der Waals surface area contributed by atoms with Gasteiger partial charge in [0.15, 0.2) is 0 Å². The number of rotatable bonds is 11. The first-order valence-electron chi connectivity index (χ1n) is 11.1. The molecule has 0 saturated heterocycles. The fraction of sp³-hybridized carbons (Fsp3) is 0.625. The first kappa shape index (κ1) is 22.0. The lowest BCUT2D eigenvalue weighted by molar-refractivity contribution is -0.118. The number of ketones is 1. The van der Waals surface area contributed by atoms with Crippen molar-refractivity contribution in [1.82, 2.24) is 14.8 Å². The first-order chi connectivity index (χ1) is 13.9. The van der Waals surface area contributed by atoms with Crippen molar-refractivity contribution < 1.29 is 4.79 Å². The Bertz CT molecular complexity index is 839. The number of nitrogens with zero attached hydrogens (tertiary/aromatic N) is 3. The lowest BCUT2D eigenvalue weighted by Crippen LogP contribution is -2.16. The minimum atomic E-state index is 0.146. The van der Waals surface area contributed by atoms with Crippen LogP contribution in [0, 0.1) is 12.8 Å². The summed E-state index contributed by atoms with van der Waals surface area (Å²) in [5, 5.41) is 9.89. The Hall–Kier alpha value is -1.68. The Morgan fingerprint density at radius 3 is 2.66 bits per heavy atom. The third-order valence-corrected chi connectivity index (χ3v) is 6.30. The predicted octanol–water partition coefficient (Wildman–Crippen LogP) is 6.25. The zero-order chi connectivity index (χ0) is 21.0. The molecule has 158 valence electrons. The number of aryl methyl sites for hydroxylation is 1. The van der Waals surface area contributed by atoms with E-state index < -0.39 is 0 Å².